The van der Waals surface area contributed by atoms with E-state index in [0.717, 1.165) is 0 Å². The number of nitrogens with zero attached hydrogens (tertiary/aromatic N) is 6. The van der Waals surface area contributed by atoms with Gasteiger partial charge in [-0.3, -0.25) is 0 Å². The van der Waals surface area contributed by atoms with Gasteiger partial charge in [-0.2, -0.15) is 9.78 Å². The molecule has 0 atom stereocenters. The Bertz CT molecular complexity index is 1300. The van der Waals surface area contributed by atoms with Crippen molar-refractivity contribution in [3.8, 4) is 23.1 Å². The summed E-state index contributed by atoms with van der Waals surface area (Å²) in [7, 11) is 1.58. The van der Waals surface area contributed by atoms with Gasteiger partial charge in [0.25, 0.3) is 5.69 Å². The Hall–Kier alpha value is -3.57. The number of para-hydroxylation sites is 1. The predicted molar refractivity (Wildman–Crippen MR) is 112 cm³/mol. The highest BCUT2D eigenvalue weighted by Gasteiger charge is 2.30. The fraction of sp³-hybridized carbons (Fsp3) is 0.150. The summed E-state index contributed by atoms with van der Waals surface area (Å²) in [6, 6.07) is 14.2. The molecule has 0 amide bonds. The van der Waals surface area contributed by atoms with Gasteiger partial charge in [0, 0.05) is 12.1 Å². The number of methoxy groups -OCH3 is 1. The molecule has 0 N–H and O–H groups in total. The molecule has 32 heavy (non-hydrogen) atoms. The zero-order chi connectivity index (χ0) is 22.1. The molecule has 0 spiro atoms. The molecule has 0 bridgehead atoms. The van der Waals surface area contributed by atoms with E-state index in [4.69, 9.17) is 25.6 Å². The van der Waals surface area contributed by atoms with Gasteiger partial charge in [-0.1, -0.05) is 35.5 Å². The molecule has 0 aliphatic carbocycles. The van der Waals surface area contributed by atoms with Crippen LogP contribution < -0.4 is 19.3 Å². The topological polar surface area (TPSA) is 115 Å². The second-order valence-electron chi connectivity index (χ2n) is 6.58. The SMILES string of the molecule is COc1ccc(-[n+]2noc([O-])c2C2=Nn3c(COc4ccccc4Cl)nnc3SC2)cc1. The smallest absolute Gasteiger partial charge is 0.287 e. The molecule has 0 saturated heterocycles. The molecule has 1 aliphatic rings. The first-order valence-electron chi connectivity index (χ1n) is 9.40. The van der Waals surface area contributed by atoms with Crippen molar-refractivity contribution < 1.29 is 23.8 Å². The zero-order valence-electron chi connectivity index (χ0n) is 16.6. The monoisotopic (exact) mass is 470 g/mol. The number of halogens is 1. The predicted octanol–water partition coefficient (Wildman–Crippen LogP) is 2.22. The van der Waals surface area contributed by atoms with Crippen molar-refractivity contribution in [1.82, 2.24) is 20.1 Å². The van der Waals surface area contributed by atoms with Crippen LogP contribution in [0.1, 0.15) is 11.5 Å². The molecule has 5 rings (SSSR count). The molecule has 10 nitrogen and oxygen atoms in total. The zero-order valence-corrected chi connectivity index (χ0v) is 18.2. The van der Waals surface area contributed by atoms with Gasteiger partial charge < -0.3 is 19.1 Å². The standard InChI is InChI=1S/C20H15ClN6O4S/c1-29-13-8-6-12(7-9-13)26-18(19(28)31-25-26)15-11-32-20-23-22-17(27(20)24-15)10-30-16-5-3-2-4-14(16)21/h2-9H,10-11H2,1H3. The minimum atomic E-state index is -0.592. The fourth-order valence-electron chi connectivity index (χ4n) is 3.07. The van der Waals surface area contributed by atoms with Crippen molar-refractivity contribution in [2.24, 2.45) is 5.10 Å². The van der Waals surface area contributed by atoms with E-state index >= 15 is 0 Å². The molecule has 0 radical (unpaired) electrons. The van der Waals surface area contributed by atoms with Crippen LogP contribution in [0.5, 0.6) is 17.4 Å². The van der Waals surface area contributed by atoms with Crippen molar-refractivity contribution >= 4 is 29.1 Å². The Morgan fingerprint density at radius 2 is 2.00 bits per heavy atom. The summed E-state index contributed by atoms with van der Waals surface area (Å²) in [4.78, 5) is 0. The van der Waals surface area contributed by atoms with Crippen LogP contribution in [-0.4, -0.2) is 38.7 Å². The maximum Gasteiger partial charge on any atom is 0.287 e. The van der Waals surface area contributed by atoms with E-state index in [0.29, 0.717) is 44.7 Å². The second-order valence-corrected chi connectivity index (χ2v) is 7.93. The lowest BCUT2D eigenvalue weighted by atomic mass is 10.2. The van der Waals surface area contributed by atoms with Crippen molar-refractivity contribution in [1.29, 1.82) is 0 Å². The normalized spacial score (nSPS) is 12.9. The van der Waals surface area contributed by atoms with Gasteiger partial charge in [0.1, 0.15) is 23.8 Å². The molecule has 3 heterocycles. The summed E-state index contributed by atoms with van der Waals surface area (Å²) in [5, 5.41) is 30.3. The quantitative estimate of drug-likeness (QED) is 0.394. The first-order chi connectivity index (χ1) is 15.6. The van der Waals surface area contributed by atoms with Crippen LogP contribution in [0.4, 0.5) is 0 Å². The van der Waals surface area contributed by atoms with Gasteiger partial charge >= 0.3 is 0 Å². The Kier molecular flexibility index (Phi) is 5.41. The van der Waals surface area contributed by atoms with E-state index in [1.807, 2.05) is 12.1 Å². The lowest BCUT2D eigenvalue weighted by molar-refractivity contribution is -0.671. The van der Waals surface area contributed by atoms with Gasteiger partial charge in [-0.15, -0.1) is 10.2 Å². The summed E-state index contributed by atoms with van der Waals surface area (Å²) >= 11 is 7.54. The Morgan fingerprint density at radius 3 is 2.78 bits per heavy atom. The first kappa shape index (κ1) is 20.3. The Morgan fingerprint density at radius 1 is 1.19 bits per heavy atom. The lowest BCUT2D eigenvalue weighted by Gasteiger charge is -2.12. The molecule has 0 saturated carbocycles. The van der Waals surface area contributed by atoms with Gasteiger partial charge in [0.2, 0.25) is 10.8 Å². The van der Waals surface area contributed by atoms with Gasteiger partial charge in [-0.25, -0.2) is 0 Å². The Labute approximate surface area is 191 Å². The van der Waals surface area contributed by atoms with Crippen LogP contribution in [0.25, 0.3) is 5.69 Å². The number of hydrogen-bond donors (Lipinski definition) is 0. The molecule has 162 valence electrons. The molecule has 12 heteroatoms. The third kappa shape index (κ3) is 3.76. The van der Waals surface area contributed by atoms with E-state index in [2.05, 4.69) is 20.6 Å². The number of thioether (sulfide) groups is 1. The van der Waals surface area contributed by atoms with Crippen LogP contribution in [0.3, 0.4) is 0 Å². The highest BCUT2D eigenvalue weighted by Crippen LogP contribution is 2.27. The van der Waals surface area contributed by atoms with E-state index in [9.17, 15) is 5.11 Å². The first-order valence-corrected chi connectivity index (χ1v) is 10.8. The second kappa shape index (κ2) is 8.52. The van der Waals surface area contributed by atoms with Gasteiger partial charge in [0.05, 0.1) is 23.2 Å². The van der Waals surface area contributed by atoms with E-state index in [1.165, 1.54) is 16.4 Å². The lowest BCUT2D eigenvalue weighted by Crippen LogP contribution is -2.40. The number of hydrogen-bond acceptors (Lipinski definition) is 9. The average molecular weight is 471 g/mol. The summed E-state index contributed by atoms with van der Waals surface area (Å²) in [5.41, 5.74) is 1.33. The molecule has 2 aromatic carbocycles. The number of ether oxygens (including phenoxy) is 2. The highest BCUT2D eigenvalue weighted by molar-refractivity contribution is 7.99. The van der Waals surface area contributed by atoms with Crippen molar-refractivity contribution in [2.45, 2.75) is 11.8 Å². The molecule has 1 aliphatic heterocycles. The Balaban J connectivity index is 1.47. The van der Waals surface area contributed by atoms with Crippen LogP contribution in [0.2, 0.25) is 5.02 Å². The number of benzene rings is 2. The minimum Gasteiger partial charge on any atom is -0.539 e. The van der Waals surface area contributed by atoms with Gasteiger partial charge in [0.15, 0.2) is 11.8 Å². The average Bonchev–Trinajstić information content (AvgIpc) is 3.41. The van der Waals surface area contributed by atoms with Crippen LogP contribution in [0, 0.1) is 0 Å². The van der Waals surface area contributed by atoms with E-state index in [1.54, 1.807) is 48.2 Å². The molecular weight excluding hydrogens is 456 g/mol. The van der Waals surface area contributed by atoms with Crippen molar-refractivity contribution in [3.63, 3.8) is 0 Å². The van der Waals surface area contributed by atoms with E-state index in [-0.39, 0.29) is 12.3 Å². The maximum atomic E-state index is 12.5. The number of rotatable bonds is 6. The van der Waals surface area contributed by atoms with Crippen molar-refractivity contribution in [2.75, 3.05) is 12.9 Å². The molecule has 0 unspecified atom stereocenters. The van der Waals surface area contributed by atoms with E-state index < -0.39 is 5.95 Å². The largest absolute Gasteiger partial charge is 0.539 e. The third-order valence-electron chi connectivity index (χ3n) is 4.63. The number of fused-ring (bicyclic) bond motifs is 1. The van der Waals surface area contributed by atoms with Crippen LogP contribution in [-0.2, 0) is 6.61 Å². The molecular formula is C20H15ClN6O4S. The molecule has 2 aromatic heterocycles. The maximum absolute atomic E-state index is 12.5. The van der Waals surface area contributed by atoms with Crippen LogP contribution in [0.15, 0.2) is 63.3 Å². The van der Waals surface area contributed by atoms with Crippen molar-refractivity contribution in [3.05, 3.63) is 65.1 Å². The highest BCUT2D eigenvalue weighted by atomic mass is 35.5. The minimum absolute atomic E-state index is 0.0976. The summed E-state index contributed by atoms with van der Waals surface area (Å²) < 4.78 is 18.8. The summed E-state index contributed by atoms with van der Waals surface area (Å²) in [5.74, 6) is 1.48. The van der Waals surface area contributed by atoms with Gasteiger partial charge in [-0.05, 0) is 28.9 Å². The summed E-state index contributed by atoms with van der Waals surface area (Å²) in [6.07, 6.45) is 0. The third-order valence-corrected chi connectivity index (χ3v) is 5.87. The molecule has 0 fully saturated rings. The number of aromatic nitrogens is 5. The van der Waals surface area contributed by atoms with Crippen LogP contribution >= 0.6 is 23.4 Å². The molecule has 4 aromatic rings. The fourth-order valence-corrected chi connectivity index (χ4v) is 4.08. The summed E-state index contributed by atoms with van der Waals surface area (Å²) in [6.45, 7) is 0.0976.